The van der Waals surface area contributed by atoms with Gasteiger partial charge in [-0.05, 0) is 18.2 Å². The van der Waals surface area contributed by atoms with Crippen molar-refractivity contribution in [3.8, 4) is 6.07 Å². The van der Waals surface area contributed by atoms with Crippen LogP contribution in [0.3, 0.4) is 0 Å². The second-order valence-corrected chi connectivity index (χ2v) is 4.65. The topological polar surface area (TPSA) is 30.3 Å². The Hall–Kier alpha value is -1.81. The molecular formula is C13H13F4N3. The highest BCUT2D eigenvalue weighted by Crippen LogP contribution is 2.23. The number of alkyl halides is 3. The average Bonchev–Trinajstić information content (AvgIpc) is 2.38. The molecule has 7 heteroatoms. The summed E-state index contributed by atoms with van der Waals surface area (Å²) in [7, 11) is 0. The van der Waals surface area contributed by atoms with E-state index in [1.54, 1.807) is 0 Å². The van der Waals surface area contributed by atoms with Gasteiger partial charge in [0.05, 0.1) is 17.8 Å². The van der Waals surface area contributed by atoms with E-state index >= 15 is 0 Å². The molecule has 0 bridgehead atoms. The van der Waals surface area contributed by atoms with Crippen LogP contribution in [-0.2, 0) is 0 Å². The van der Waals surface area contributed by atoms with Crippen molar-refractivity contribution in [2.75, 3.05) is 37.6 Å². The highest BCUT2D eigenvalue weighted by atomic mass is 19.4. The summed E-state index contributed by atoms with van der Waals surface area (Å²) in [6.45, 7) is 0.381. The Kier molecular flexibility index (Phi) is 4.14. The van der Waals surface area contributed by atoms with Crippen molar-refractivity contribution in [1.29, 1.82) is 5.26 Å². The van der Waals surface area contributed by atoms with Crippen LogP contribution in [0.2, 0.25) is 0 Å². The van der Waals surface area contributed by atoms with Gasteiger partial charge in [-0.15, -0.1) is 0 Å². The predicted molar refractivity (Wildman–Crippen MR) is 65.8 cm³/mol. The minimum absolute atomic E-state index is 0.203. The number of hydrogen-bond donors (Lipinski definition) is 0. The zero-order chi connectivity index (χ0) is 14.8. The fourth-order valence-corrected chi connectivity index (χ4v) is 2.27. The van der Waals surface area contributed by atoms with Crippen LogP contribution >= 0.6 is 0 Å². The van der Waals surface area contributed by atoms with E-state index in [-0.39, 0.29) is 18.7 Å². The zero-order valence-corrected chi connectivity index (χ0v) is 10.6. The van der Waals surface area contributed by atoms with Crippen LogP contribution in [0, 0.1) is 17.1 Å². The molecule has 0 amide bonds. The highest BCUT2D eigenvalue weighted by Gasteiger charge is 2.32. The molecular weight excluding hydrogens is 274 g/mol. The molecule has 0 radical (unpaired) electrons. The van der Waals surface area contributed by atoms with E-state index < -0.39 is 18.5 Å². The van der Waals surface area contributed by atoms with Crippen LogP contribution in [0.5, 0.6) is 0 Å². The molecule has 0 aliphatic carbocycles. The summed E-state index contributed by atoms with van der Waals surface area (Å²) in [5, 5.41) is 8.98. The molecule has 0 N–H and O–H groups in total. The van der Waals surface area contributed by atoms with Gasteiger partial charge < -0.3 is 4.90 Å². The monoisotopic (exact) mass is 287 g/mol. The Morgan fingerprint density at radius 3 is 2.35 bits per heavy atom. The van der Waals surface area contributed by atoms with Gasteiger partial charge in [-0.25, -0.2) is 4.39 Å². The number of rotatable bonds is 2. The number of anilines is 1. The van der Waals surface area contributed by atoms with Crippen molar-refractivity contribution < 1.29 is 17.6 Å². The average molecular weight is 287 g/mol. The Bertz CT molecular complexity index is 513. The van der Waals surface area contributed by atoms with E-state index in [0.717, 1.165) is 6.07 Å². The third-order valence-electron chi connectivity index (χ3n) is 3.19. The van der Waals surface area contributed by atoms with Gasteiger partial charge in [0.1, 0.15) is 11.9 Å². The van der Waals surface area contributed by atoms with Crippen LogP contribution in [0.25, 0.3) is 0 Å². The third kappa shape index (κ3) is 3.61. The molecule has 1 aliphatic rings. The maximum Gasteiger partial charge on any atom is 0.401 e. The SMILES string of the molecule is N#Cc1cc(F)ccc1N1CCN(CC(F)(F)F)CC1. The Morgan fingerprint density at radius 1 is 1.15 bits per heavy atom. The molecule has 1 heterocycles. The van der Waals surface area contributed by atoms with Crippen molar-refractivity contribution >= 4 is 5.69 Å². The predicted octanol–water partition coefficient (Wildman–Crippen LogP) is 2.38. The summed E-state index contributed by atoms with van der Waals surface area (Å²) >= 11 is 0. The number of benzene rings is 1. The molecule has 1 saturated heterocycles. The van der Waals surface area contributed by atoms with Gasteiger partial charge in [0.2, 0.25) is 0 Å². The van der Waals surface area contributed by atoms with Crippen LogP contribution in [-0.4, -0.2) is 43.8 Å². The van der Waals surface area contributed by atoms with Gasteiger partial charge >= 0.3 is 6.18 Å². The molecule has 0 atom stereocenters. The summed E-state index contributed by atoms with van der Waals surface area (Å²) < 4.78 is 49.9. The maximum absolute atomic E-state index is 13.0. The van der Waals surface area contributed by atoms with E-state index in [4.69, 9.17) is 5.26 Å². The van der Waals surface area contributed by atoms with Gasteiger partial charge in [0.25, 0.3) is 0 Å². The van der Waals surface area contributed by atoms with E-state index in [0.29, 0.717) is 18.8 Å². The minimum Gasteiger partial charge on any atom is -0.368 e. The van der Waals surface area contributed by atoms with Gasteiger partial charge in [-0.2, -0.15) is 18.4 Å². The summed E-state index contributed by atoms with van der Waals surface area (Å²) in [6, 6.07) is 5.79. The fourth-order valence-electron chi connectivity index (χ4n) is 2.27. The van der Waals surface area contributed by atoms with Crippen molar-refractivity contribution in [1.82, 2.24) is 4.90 Å². The van der Waals surface area contributed by atoms with Gasteiger partial charge in [0.15, 0.2) is 0 Å². The first-order valence-electron chi connectivity index (χ1n) is 6.13. The van der Waals surface area contributed by atoms with Gasteiger partial charge in [-0.1, -0.05) is 0 Å². The third-order valence-corrected chi connectivity index (χ3v) is 3.19. The molecule has 1 aromatic carbocycles. The first-order valence-corrected chi connectivity index (χ1v) is 6.13. The first kappa shape index (κ1) is 14.6. The van der Waals surface area contributed by atoms with Crippen molar-refractivity contribution in [2.24, 2.45) is 0 Å². The molecule has 0 saturated carbocycles. The number of nitriles is 1. The molecule has 108 valence electrons. The molecule has 0 spiro atoms. The lowest BCUT2D eigenvalue weighted by atomic mass is 10.1. The normalized spacial score (nSPS) is 17.1. The van der Waals surface area contributed by atoms with Crippen LogP contribution < -0.4 is 4.90 Å². The number of hydrogen-bond acceptors (Lipinski definition) is 3. The Morgan fingerprint density at radius 2 is 1.80 bits per heavy atom. The molecule has 1 aromatic rings. The Labute approximate surface area is 114 Å². The molecule has 3 nitrogen and oxygen atoms in total. The summed E-state index contributed by atoms with van der Waals surface area (Å²) in [6.07, 6.45) is -4.20. The highest BCUT2D eigenvalue weighted by molar-refractivity contribution is 5.59. The molecule has 20 heavy (non-hydrogen) atoms. The second-order valence-electron chi connectivity index (χ2n) is 4.65. The fraction of sp³-hybridized carbons (Fsp3) is 0.462. The number of piperazine rings is 1. The van der Waals surface area contributed by atoms with Gasteiger partial charge in [0, 0.05) is 26.2 Å². The van der Waals surface area contributed by atoms with Crippen LogP contribution in [0.4, 0.5) is 23.2 Å². The largest absolute Gasteiger partial charge is 0.401 e. The second kappa shape index (κ2) is 5.67. The quantitative estimate of drug-likeness (QED) is 0.782. The maximum atomic E-state index is 13.0. The summed E-state index contributed by atoms with van der Waals surface area (Å²) in [5.74, 6) is -0.499. The standard InChI is InChI=1S/C13H13F4N3/c14-11-1-2-12(10(7-11)8-18)20-5-3-19(4-6-20)9-13(15,16)17/h1-2,7H,3-6,9H2. The zero-order valence-electron chi connectivity index (χ0n) is 10.6. The van der Waals surface area contributed by atoms with Gasteiger partial charge in [-0.3, -0.25) is 4.90 Å². The van der Waals surface area contributed by atoms with Crippen LogP contribution in [0.1, 0.15) is 5.56 Å². The van der Waals surface area contributed by atoms with E-state index in [9.17, 15) is 17.6 Å². The number of nitrogens with zero attached hydrogens (tertiary/aromatic N) is 3. The molecule has 2 rings (SSSR count). The molecule has 0 aromatic heterocycles. The van der Waals surface area contributed by atoms with Crippen molar-refractivity contribution in [3.05, 3.63) is 29.6 Å². The van der Waals surface area contributed by atoms with Crippen LogP contribution in [0.15, 0.2) is 18.2 Å². The van der Waals surface area contributed by atoms with E-state index in [1.165, 1.54) is 17.0 Å². The molecule has 1 fully saturated rings. The lowest BCUT2D eigenvalue weighted by Crippen LogP contribution is -2.49. The first-order chi connectivity index (χ1) is 9.39. The number of halogens is 4. The van der Waals surface area contributed by atoms with Crippen molar-refractivity contribution in [3.63, 3.8) is 0 Å². The minimum atomic E-state index is -4.20. The van der Waals surface area contributed by atoms with E-state index in [2.05, 4.69) is 0 Å². The lowest BCUT2D eigenvalue weighted by Gasteiger charge is -2.36. The smallest absolute Gasteiger partial charge is 0.368 e. The van der Waals surface area contributed by atoms with Crippen molar-refractivity contribution in [2.45, 2.75) is 6.18 Å². The summed E-state index contributed by atoms with van der Waals surface area (Å²) in [5.41, 5.74) is 0.773. The molecule has 0 unspecified atom stereocenters. The molecule has 1 aliphatic heterocycles. The summed E-state index contributed by atoms with van der Waals surface area (Å²) in [4.78, 5) is 3.14. The lowest BCUT2D eigenvalue weighted by molar-refractivity contribution is -0.146. The Balaban J connectivity index is 2.03. The van der Waals surface area contributed by atoms with E-state index in [1.807, 2.05) is 11.0 Å².